The number of carbonyl (C=O) groups is 1. The molecule has 1 saturated heterocycles. The molecule has 0 amide bonds. The molecular formula is C15H25NO. The molecule has 2 heteroatoms. The average Bonchev–Trinajstić information content (AvgIpc) is 2.68. The van der Waals surface area contributed by atoms with E-state index in [1.165, 1.54) is 32.2 Å². The minimum Gasteiger partial charge on any atom is -0.298 e. The lowest BCUT2D eigenvalue weighted by Gasteiger charge is -2.36. The van der Waals surface area contributed by atoms with Crippen molar-refractivity contribution in [2.45, 2.75) is 52.0 Å². The monoisotopic (exact) mass is 235 g/mol. The first-order chi connectivity index (χ1) is 8.07. The summed E-state index contributed by atoms with van der Waals surface area (Å²) in [6.07, 6.45) is 6.78. The average molecular weight is 235 g/mol. The maximum Gasteiger partial charge on any atom is 0.146 e. The highest BCUT2D eigenvalue weighted by atomic mass is 16.1. The highest BCUT2D eigenvalue weighted by Gasteiger charge is 2.59. The zero-order valence-corrected chi connectivity index (χ0v) is 11.4. The Bertz CT molecular complexity index is 340. The lowest BCUT2D eigenvalue weighted by atomic mass is 9.69. The molecule has 3 aliphatic rings. The zero-order chi connectivity index (χ0) is 12.2. The first-order valence-corrected chi connectivity index (χ1v) is 7.28. The highest BCUT2D eigenvalue weighted by molar-refractivity contribution is 5.81. The second-order valence-corrected chi connectivity index (χ2v) is 6.83. The number of likely N-dealkylation sites (tertiary alicyclic amines) is 1. The Labute approximate surface area is 105 Å². The summed E-state index contributed by atoms with van der Waals surface area (Å²) in [5.74, 6) is 3.27. The van der Waals surface area contributed by atoms with Crippen LogP contribution in [0.25, 0.3) is 0 Å². The van der Waals surface area contributed by atoms with Crippen LogP contribution < -0.4 is 0 Å². The summed E-state index contributed by atoms with van der Waals surface area (Å²) < 4.78 is 0. The van der Waals surface area contributed by atoms with Crippen LogP contribution in [0, 0.1) is 23.2 Å². The van der Waals surface area contributed by atoms with Crippen molar-refractivity contribution in [2.75, 3.05) is 13.6 Å². The molecule has 1 aliphatic heterocycles. The second-order valence-electron chi connectivity index (χ2n) is 6.83. The largest absolute Gasteiger partial charge is 0.298 e. The van der Waals surface area contributed by atoms with Crippen molar-refractivity contribution >= 4 is 5.78 Å². The highest BCUT2D eigenvalue weighted by Crippen LogP contribution is 2.63. The molecule has 3 rings (SSSR count). The van der Waals surface area contributed by atoms with Crippen LogP contribution in [0.1, 0.15) is 46.0 Å². The van der Waals surface area contributed by atoms with E-state index in [1.54, 1.807) is 6.92 Å². The SMILES string of the molecule is CCC1C2CCC2CC12CC(C(C)=O)N(C)C2. The fourth-order valence-corrected chi connectivity index (χ4v) is 5.32. The van der Waals surface area contributed by atoms with Gasteiger partial charge in [0.15, 0.2) is 0 Å². The Balaban J connectivity index is 1.85. The number of hydrogen-bond acceptors (Lipinski definition) is 2. The molecular weight excluding hydrogens is 210 g/mol. The Morgan fingerprint density at radius 2 is 2.12 bits per heavy atom. The molecule has 1 spiro atoms. The lowest BCUT2D eigenvalue weighted by Crippen LogP contribution is -2.32. The fourth-order valence-electron chi connectivity index (χ4n) is 5.32. The molecule has 3 fully saturated rings. The molecule has 1 heterocycles. The van der Waals surface area contributed by atoms with Crippen LogP contribution in [0.2, 0.25) is 0 Å². The van der Waals surface area contributed by atoms with Gasteiger partial charge in [-0.1, -0.05) is 13.3 Å². The third kappa shape index (κ3) is 1.53. The Kier molecular flexibility index (Phi) is 2.62. The Morgan fingerprint density at radius 3 is 2.59 bits per heavy atom. The van der Waals surface area contributed by atoms with Crippen LogP contribution >= 0.6 is 0 Å². The number of hydrogen-bond donors (Lipinski definition) is 0. The zero-order valence-electron chi connectivity index (χ0n) is 11.4. The number of carbonyl (C=O) groups excluding carboxylic acids is 1. The van der Waals surface area contributed by atoms with Crippen molar-refractivity contribution < 1.29 is 4.79 Å². The molecule has 5 atom stereocenters. The van der Waals surface area contributed by atoms with Gasteiger partial charge in [-0.3, -0.25) is 9.69 Å². The predicted molar refractivity (Wildman–Crippen MR) is 68.8 cm³/mol. The quantitative estimate of drug-likeness (QED) is 0.733. The summed E-state index contributed by atoms with van der Waals surface area (Å²) in [5.41, 5.74) is 0.492. The van der Waals surface area contributed by atoms with Crippen LogP contribution in [0.4, 0.5) is 0 Å². The van der Waals surface area contributed by atoms with Crippen molar-refractivity contribution in [1.29, 1.82) is 0 Å². The van der Waals surface area contributed by atoms with Gasteiger partial charge in [0.25, 0.3) is 0 Å². The van der Waals surface area contributed by atoms with Crippen molar-refractivity contribution in [3.05, 3.63) is 0 Å². The molecule has 0 radical (unpaired) electrons. The van der Waals surface area contributed by atoms with Crippen molar-refractivity contribution in [3.63, 3.8) is 0 Å². The van der Waals surface area contributed by atoms with E-state index in [0.717, 1.165) is 24.2 Å². The van der Waals surface area contributed by atoms with Crippen LogP contribution in [-0.4, -0.2) is 30.3 Å². The van der Waals surface area contributed by atoms with Crippen LogP contribution in [0.15, 0.2) is 0 Å². The fraction of sp³-hybridized carbons (Fsp3) is 0.933. The molecule has 5 unspecified atom stereocenters. The van der Waals surface area contributed by atoms with Gasteiger partial charge in [-0.15, -0.1) is 0 Å². The van der Waals surface area contributed by atoms with Gasteiger partial charge in [-0.25, -0.2) is 0 Å². The minimum atomic E-state index is 0.210. The lowest BCUT2D eigenvalue weighted by molar-refractivity contribution is -0.120. The van der Waals surface area contributed by atoms with E-state index in [9.17, 15) is 4.79 Å². The van der Waals surface area contributed by atoms with E-state index in [2.05, 4.69) is 18.9 Å². The first-order valence-electron chi connectivity index (χ1n) is 7.28. The first kappa shape index (κ1) is 11.7. The van der Waals surface area contributed by atoms with Gasteiger partial charge in [0, 0.05) is 6.54 Å². The molecule has 0 aromatic carbocycles. The summed E-state index contributed by atoms with van der Waals surface area (Å²) in [5, 5.41) is 0. The molecule has 2 nitrogen and oxygen atoms in total. The molecule has 0 aromatic rings. The smallest absolute Gasteiger partial charge is 0.146 e. The van der Waals surface area contributed by atoms with E-state index in [4.69, 9.17) is 0 Å². The molecule has 0 aromatic heterocycles. The van der Waals surface area contributed by atoms with E-state index < -0.39 is 0 Å². The van der Waals surface area contributed by atoms with Gasteiger partial charge in [0.1, 0.15) is 5.78 Å². The summed E-state index contributed by atoms with van der Waals surface area (Å²) >= 11 is 0. The normalized spacial score (nSPS) is 49.4. The third-order valence-corrected chi connectivity index (χ3v) is 6.05. The van der Waals surface area contributed by atoms with Gasteiger partial charge in [0.05, 0.1) is 6.04 Å². The van der Waals surface area contributed by atoms with E-state index in [0.29, 0.717) is 11.2 Å². The van der Waals surface area contributed by atoms with E-state index in [1.807, 2.05) is 0 Å². The van der Waals surface area contributed by atoms with Gasteiger partial charge >= 0.3 is 0 Å². The van der Waals surface area contributed by atoms with Crippen LogP contribution in [-0.2, 0) is 4.79 Å². The molecule has 0 bridgehead atoms. The number of Topliss-reactive ketones (excluding diaryl/α,β-unsaturated/α-hetero) is 1. The van der Waals surface area contributed by atoms with Gasteiger partial charge in [-0.05, 0) is 62.8 Å². The number of rotatable bonds is 2. The van der Waals surface area contributed by atoms with Gasteiger partial charge in [-0.2, -0.15) is 0 Å². The number of fused-ring (bicyclic) bond motifs is 1. The second kappa shape index (κ2) is 3.81. The standard InChI is InChI=1S/C15H25NO/c1-4-13-12-6-5-11(12)7-15(13)8-14(10(2)17)16(3)9-15/h11-14H,4-9H2,1-3H3. The Morgan fingerprint density at radius 1 is 1.35 bits per heavy atom. The van der Waals surface area contributed by atoms with E-state index >= 15 is 0 Å². The van der Waals surface area contributed by atoms with Crippen LogP contribution in [0.3, 0.4) is 0 Å². The Hall–Kier alpha value is -0.370. The summed E-state index contributed by atoms with van der Waals surface area (Å²) in [4.78, 5) is 14.1. The van der Waals surface area contributed by atoms with Crippen molar-refractivity contribution in [1.82, 2.24) is 4.90 Å². The van der Waals surface area contributed by atoms with Gasteiger partial charge < -0.3 is 0 Å². The topological polar surface area (TPSA) is 20.3 Å². The molecule has 2 aliphatic carbocycles. The predicted octanol–water partition coefficient (Wildman–Crippen LogP) is 2.72. The summed E-state index contributed by atoms with van der Waals surface area (Å²) in [6.45, 7) is 5.29. The van der Waals surface area contributed by atoms with Crippen molar-refractivity contribution in [2.24, 2.45) is 23.2 Å². The third-order valence-electron chi connectivity index (χ3n) is 6.05. The van der Waals surface area contributed by atoms with E-state index in [-0.39, 0.29) is 6.04 Å². The number of likely N-dealkylation sites (N-methyl/N-ethyl adjacent to an activating group) is 1. The van der Waals surface area contributed by atoms with Crippen LogP contribution in [0.5, 0.6) is 0 Å². The number of nitrogens with zero attached hydrogens (tertiary/aromatic N) is 1. The molecule has 96 valence electrons. The molecule has 2 saturated carbocycles. The molecule has 17 heavy (non-hydrogen) atoms. The summed E-state index contributed by atoms with van der Waals surface area (Å²) in [7, 11) is 2.15. The summed E-state index contributed by atoms with van der Waals surface area (Å²) in [6, 6.07) is 0.210. The number of ketones is 1. The van der Waals surface area contributed by atoms with Crippen molar-refractivity contribution in [3.8, 4) is 0 Å². The van der Waals surface area contributed by atoms with Gasteiger partial charge in [0.2, 0.25) is 0 Å². The maximum absolute atomic E-state index is 11.7. The minimum absolute atomic E-state index is 0.210. The molecule has 0 N–H and O–H groups in total. The maximum atomic E-state index is 11.7.